The van der Waals surface area contributed by atoms with Crippen molar-refractivity contribution < 1.29 is 19.8 Å². The van der Waals surface area contributed by atoms with Gasteiger partial charge in [-0.1, -0.05) is 12.1 Å². The van der Waals surface area contributed by atoms with E-state index in [1.807, 2.05) is 0 Å². The standard InChI is InChI=1S/C18H14O4.ClH/c19-13-7-3-6-11-14(13)18(22)12-8-9-4-1-2-5-10(9)16(20)15(12)17(11)21;/h3,6-8,19-20H,1-2,4-5H2;1H. The second kappa shape index (κ2) is 5.39. The van der Waals surface area contributed by atoms with Crippen LogP contribution in [0, 0.1) is 0 Å². The number of halogens is 1. The minimum absolute atomic E-state index is 0. The lowest BCUT2D eigenvalue weighted by Gasteiger charge is -2.24. The Kier molecular flexibility index (Phi) is 3.65. The highest BCUT2D eigenvalue weighted by molar-refractivity contribution is 6.30. The highest BCUT2D eigenvalue weighted by atomic mass is 35.5. The molecule has 0 saturated heterocycles. The Morgan fingerprint density at radius 3 is 2.35 bits per heavy atom. The van der Waals surface area contributed by atoms with Gasteiger partial charge in [-0.05, 0) is 48.9 Å². The summed E-state index contributed by atoms with van der Waals surface area (Å²) in [5, 5.41) is 20.5. The zero-order chi connectivity index (χ0) is 15.4. The van der Waals surface area contributed by atoms with Gasteiger partial charge in [0.15, 0.2) is 11.6 Å². The Morgan fingerprint density at radius 1 is 0.870 bits per heavy atom. The largest absolute Gasteiger partial charge is 0.507 e. The Balaban J connectivity index is 0.00000156. The average Bonchev–Trinajstić information content (AvgIpc) is 2.52. The first-order valence-electron chi connectivity index (χ1n) is 7.38. The number of aromatic hydroxyl groups is 2. The van der Waals surface area contributed by atoms with Gasteiger partial charge in [0.2, 0.25) is 0 Å². The fourth-order valence-corrected chi connectivity index (χ4v) is 3.53. The maximum Gasteiger partial charge on any atom is 0.198 e. The van der Waals surface area contributed by atoms with Crippen molar-refractivity contribution in [3.05, 3.63) is 57.6 Å². The fraction of sp³-hybridized carbons (Fsp3) is 0.222. The van der Waals surface area contributed by atoms with Crippen LogP contribution >= 0.6 is 12.4 Å². The molecule has 0 spiro atoms. The maximum atomic E-state index is 12.7. The summed E-state index contributed by atoms with van der Waals surface area (Å²) in [5.41, 5.74) is 2.21. The molecule has 0 unspecified atom stereocenters. The SMILES string of the molecule is Cl.O=C1c2cc3c(c(O)c2C(=O)c2cccc(O)c21)CCCC3. The molecule has 4 nitrogen and oxygen atoms in total. The first-order valence-corrected chi connectivity index (χ1v) is 7.38. The quantitative estimate of drug-likeness (QED) is 0.664. The molecule has 0 bridgehead atoms. The van der Waals surface area contributed by atoms with Gasteiger partial charge in [-0.3, -0.25) is 9.59 Å². The second-order valence-corrected chi connectivity index (χ2v) is 5.85. The van der Waals surface area contributed by atoms with Gasteiger partial charge < -0.3 is 10.2 Å². The van der Waals surface area contributed by atoms with Crippen LogP contribution in [0.25, 0.3) is 0 Å². The number of rotatable bonds is 0. The number of fused-ring (bicyclic) bond motifs is 3. The van der Waals surface area contributed by atoms with Crippen LogP contribution in [0.4, 0.5) is 0 Å². The molecule has 2 aliphatic carbocycles. The molecule has 2 aliphatic rings. The van der Waals surface area contributed by atoms with Crippen molar-refractivity contribution in [3.8, 4) is 11.5 Å². The summed E-state index contributed by atoms with van der Waals surface area (Å²) < 4.78 is 0. The number of phenolic OH excluding ortho intramolecular Hbond substituents is 2. The molecule has 0 radical (unpaired) electrons. The van der Waals surface area contributed by atoms with Gasteiger partial charge in [0.05, 0.1) is 11.1 Å². The molecule has 0 aromatic heterocycles. The van der Waals surface area contributed by atoms with E-state index in [0.717, 1.165) is 36.8 Å². The summed E-state index contributed by atoms with van der Waals surface area (Å²) in [6, 6.07) is 6.16. The number of ketones is 2. The summed E-state index contributed by atoms with van der Waals surface area (Å²) >= 11 is 0. The third-order valence-corrected chi connectivity index (χ3v) is 4.61. The van der Waals surface area contributed by atoms with Crippen LogP contribution < -0.4 is 0 Å². The van der Waals surface area contributed by atoms with E-state index in [1.54, 1.807) is 6.07 Å². The third-order valence-electron chi connectivity index (χ3n) is 4.61. The lowest BCUT2D eigenvalue weighted by Crippen LogP contribution is -2.23. The van der Waals surface area contributed by atoms with Crippen LogP contribution in [0.15, 0.2) is 24.3 Å². The Morgan fingerprint density at radius 2 is 1.57 bits per heavy atom. The van der Waals surface area contributed by atoms with E-state index in [0.29, 0.717) is 0 Å². The molecule has 0 heterocycles. The van der Waals surface area contributed by atoms with E-state index in [1.165, 1.54) is 18.2 Å². The molecule has 23 heavy (non-hydrogen) atoms. The van der Waals surface area contributed by atoms with Gasteiger partial charge in [-0.2, -0.15) is 0 Å². The van der Waals surface area contributed by atoms with Crippen molar-refractivity contribution in [1.82, 2.24) is 0 Å². The summed E-state index contributed by atoms with van der Waals surface area (Å²) in [7, 11) is 0. The number of carbonyl (C=O) groups is 2. The van der Waals surface area contributed by atoms with E-state index >= 15 is 0 Å². The van der Waals surface area contributed by atoms with Crippen LogP contribution in [0.5, 0.6) is 11.5 Å². The van der Waals surface area contributed by atoms with Gasteiger partial charge in [-0.15, -0.1) is 12.4 Å². The van der Waals surface area contributed by atoms with Gasteiger partial charge in [-0.25, -0.2) is 0 Å². The molecule has 5 heteroatoms. The van der Waals surface area contributed by atoms with E-state index < -0.39 is 11.6 Å². The summed E-state index contributed by atoms with van der Waals surface area (Å²) in [5.74, 6) is -1.05. The zero-order valence-corrected chi connectivity index (χ0v) is 13.1. The van der Waals surface area contributed by atoms with Crippen LogP contribution in [-0.2, 0) is 12.8 Å². The van der Waals surface area contributed by atoms with Crippen molar-refractivity contribution in [2.75, 3.05) is 0 Å². The first kappa shape index (κ1) is 15.6. The lowest BCUT2D eigenvalue weighted by molar-refractivity contribution is 0.0974. The Hall–Kier alpha value is -2.33. The van der Waals surface area contributed by atoms with Gasteiger partial charge >= 0.3 is 0 Å². The maximum absolute atomic E-state index is 12.7. The van der Waals surface area contributed by atoms with E-state index in [-0.39, 0.29) is 46.2 Å². The summed E-state index contributed by atoms with van der Waals surface area (Å²) in [4.78, 5) is 25.4. The van der Waals surface area contributed by atoms with Crippen molar-refractivity contribution in [3.63, 3.8) is 0 Å². The molecule has 0 fully saturated rings. The fourth-order valence-electron chi connectivity index (χ4n) is 3.53. The molecule has 2 aromatic rings. The minimum Gasteiger partial charge on any atom is -0.507 e. The van der Waals surface area contributed by atoms with Gasteiger partial charge in [0.25, 0.3) is 0 Å². The van der Waals surface area contributed by atoms with Crippen molar-refractivity contribution in [2.24, 2.45) is 0 Å². The monoisotopic (exact) mass is 330 g/mol. The van der Waals surface area contributed by atoms with Crippen molar-refractivity contribution in [2.45, 2.75) is 25.7 Å². The number of benzene rings is 2. The highest BCUT2D eigenvalue weighted by Gasteiger charge is 2.36. The molecular formula is C18H15ClO4. The van der Waals surface area contributed by atoms with E-state index in [9.17, 15) is 19.8 Å². The third kappa shape index (κ3) is 2.05. The van der Waals surface area contributed by atoms with E-state index in [2.05, 4.69) is 0 Å². The molecule has 118 valence electrons. The molecule has 0 aliphatic heterocycles. The lowest BCUT2D eigenvalue weighted by atomic mass is 9.78. The van der Waals surface area contributed by atoms with E-state index in [4.69, 9.17) is 0 Å². The van der Waals surface area contributed by atoms with Crippen LogP contribution in [0.3, 0.4) is 0 Å². The Labute approximate surface area is 139 Å². The summed E-state index contributed by atoms with van der Waals surface area (Å²) in [6.45, 7) is 0. The highest BCUT2D eigenvalue weighted by Crippen LogP contribution is 2.41. The zero-order valence-electron chi connectivity index (χ0n) is 12.3. The number of carbonyl (C=O) groups excluding carboxylic acids is 2. The minimum atomic E-state index is -0.397. The smallest absolute Gasteiger partial charge is 0.198 e. The van der Waals surface area contributed by atoms with Crippen LogP contribution in [-0.4, -0.2) is 21.8 Å². The topological polar surface area (TPSA) is 74.6 Å². The molecule has 2 N–H and O–H groups in total. The number of phenols is 2. The molecule has 0 atom stereocenters. The van der Waals surface area contributed by atoms with Crippen molar-refractivity contribution in [1.29, 1.82) is 0 Å². The normalized spacial score (nSPS) is 15.3. The summed E-state index contributed by atoms with van der Waals surface area (Å²) in [6.07, 6.45) is 3.50. The van der Waals surface area contributed by atoms with Crippen molar-refractivity contribution >= 4 is 24.0 Å². The average molecular weight is 331 g/mol. The molecule has 2 aromatic carbocycles. The molecule has 4 rings (SSSR count). The first-order chi connectivity index (χ1) is 10.6. The molecule has 0 amide bonds. The van der Waals surface area contributed by atoms with Crippen LogP contribution in [0.1, 0.15) is 55.8 Å². The van der Waals surface area contributed by atoms with Gasteiger partial charge in [0.1, 0.15) is 11.5 Å². The predicted molar refractivity (Wildman–Crippen MR) is 87.0 cm³/mol. The Bertz CT molecular complexity index is 853. The second-order valence-electron chi connectivity index (χ2n) is 5.85. The number of aryl methyl sites for hydroxylation is 1. The molecule has 0 saturated carbocycles. The predicted octanol–water partition coefficient (Wildman–Crippen LogP) is 3.17. The van der Waals surface area contributed by atoms with Gasteiger partial charge in [0, 0.05) is 11.1 Å². The molecular weight excluding hydrogens is 316 g/mol. The number of hydrogen-bond donors (Lipinski definition) is 2. The van der Waals surface area contributed by atoms with Crippen LogP contribution in [0.2, 0.25) is 0 Å². The number of hydrogen-bond acceptors (Lipinski definition) is 4.